The largest absolute Gasteiger partial charge is 0.339 e. The lowest BCUT2D eigenvalue weighted by Gasteiger charge is -2.21. The minimum Gasteiger partial charge on any atom is -0.339 e. The molecule has 2 nitrogen and oxygen atoms in total. The van der Waals surface area contributed by atoms with Crippen molar-refractivity contribution in [2.24, 2.45) is 0 Å². The smallest absolute Gasteiger partial charge is 0.189 e. The van der Waals surface area contributed by atoms with Crippen LogP contribution in [0.3, 0.4) is 0 Å². The van der Waals surface area contributed by atoms with Crippen LogP contribution in [0.15, 0.2) is 64.2 Å². The highest BCUT2D eigenvalue weighted by Gasteiger charge is 2.23. The molecular weight excluding hydrogens is 314 g/mol. The number of unbranched alkanes of at least 4 members (excludes halogenated alkanes) is 1. The van der Waals surface area contributed by atoms with Gasteiger partial charge in [-0.2, -0.15) is 0 Å². The SMILES string of the molecule is CCCCN1C(C)=C(C)S/C1=C\C(=O)c1cccc2ccccc12. The van der Waals surface area contributed by atoms with Crippen LogP contribution in [0.5, 0.6) is 0 Å². The van der Waals surface area contributed by atoms with Crippen LogP contribution in [0.1, 0.15) is 44.0 Å². The lowest BCUT2D eigenvalue weighted by atomic mass is 10.0. The molecule has 1 aliphatic rings. The fourth-order valence-electron chi connectivity index (χ4n) is 2.97. The third-order valence-corrected chi connectivity index (χ3v) is 5.63. The topological polar surface area (TPSA) is 20.3 Å². The molecule has 3 rings (SSSR count). The Morgan fingerprint density at radius 1 is 1.12 bits per heavy atom. The number of ketones is 1. The molecule has 0 amide bonds. The molecule has 0 N–H and O–H groups in total. The summed E-state index contributed by atoms with van der Waals surface area (Å²) in [6.45, 7) is 7.44. The van der Waals surface area contributed by atoms with Crippen LogP contribution in [0.4, 0.5) is 0 Å². The van der Waals surface area contributed by atoms with E-state index in [1.165, 1.54) is 10.6 Å². The van der Waals surface area contributed by atoms with Gasteiger partial charge in [0.05, 0.1) is 5.03 Å². The molecule has 0 spiro atoms. The molecule has 0 radical (unpaired) electrons. The third kappa shape index (κ3) is 3.27. The average Bonchev–Trinajstić information content (AvgIpc) is 2.86. The van der Waals surface area contributed by atoms with E-state index in [4.69, 9.17) is 0 Å². The lowest BCUT2D eigenvalue weighted by molar-refractivity contribution is 0.104. The molecule has 2 aromatic rings. The van der Waals surface area contributed by atoms with E-state index >= 15 is 0 Å². The van der Waals surface area contributed by atoms with Crippen LogP contribution < -0.4 is 0 Å². The van der Waals surface area contributed by atoms with E-state index in [9.17, 15) is 4.79 Å². The fourth-order valence-corrected chi connectivity index (χ4v) is 4.05. The molecule has 0 aliphatic carbocycles. The van der Waals surface area contributed by atoms with Crippen LogP contribution in [0, 0.1) is 0 Å². The van der Waals surface area contributed by atoms with E-state index in [2.05, 4.69) is 25.7 Å². The standard InChI is InChI=1S/C21H23NOS/c1-4-5-13-22-15(2)16(3)24-21(22)14-20(23)19-12-8-10-17-9-6-7-11-18(17)19/h6-12,14H,4-5,13H2,1-3H3/b21-14-. The highest BCUT2D eigenvalue weighted by Crippen LogP contribution is 2.41. The first-order valence-electron chi connectivity index (χ1n) is 8.48. The molecule has 124 valence electrons. The highest BCUT2D eigenvalue weighted by atomic mass is 32.2. The van der Waals surface area contributed by atoms with Gasteiger partial charge in [-0.3, -0.25) is 4.79 Å². The third-order valence-electron chi connectivity index (χ3n) is 4.48. The number of nitrogens with zero attached hydrogens (tertiary/aromatic N) is 1. The van der Waals surface area contributed by atoms with Crippen molar-refractivity contribution < 1.29 is 4.79 Å². The van der Waals surface area contributed by atoms with Crippen molar-refractivity contribution >= 4 is 28.3 Å². The van der Waals surface area contributed by atoms with Gasteiger partial charge in [0.15, 0.2) is 5.78 Å². The van der Waals surface area contributed by atoms with Gasteiger partial charge in [0, 0.05) is 28.8 Å². The molecule has 0 saturated carbocycles. The Bertz CT molecular complexity index is 829. The summed E-state index contributed by atoms with van der Waals surface area (Å²) in [7, 11) is 0. The lowest BCUT2D eigenvalue weighted by Crippen LogP contribution is -2.18. The summed E-state index contributed by atoms with van der Waals surface area (Å²) in [5.41, 5.74) is 2.05. The Labute approximate surface area is 148 Å². The van der Waals surface area contributed by atoms with Gasteiger partial charge in [-0.15, -0.1) is 0 Å². The number of hydrogen-bond donors (Lipinski definition) is 0. The highest BCUT2D eigenvalue weighted by molar-refractivity contribution is 8.06. The maximum absolute atomic E-state index is 12.9. The second kappa shape index (κ2) is 7.27. The van der Waals surface area contributed by atoms with Crippen LogP contribution in [0.25, 0.3) is 10.8 Å². The zero-order valence-corrected chi connectivity index (χ0v) is 15.3. The van der Waals surface area contributed by atoms with Gasteiger partial charge >= 0.3 is 0 Å². The number of hydrogen-bond acceptors (Lipinski definition) is 3. The minimum atomic E-state index is 0.0818. The summed E-state index contributed by atoms with van der Waals surface area (Å²) < 4.78 is 0. The van der Waals surface area contributed by atoms with Crippen molar-refractivity contribution in [3.05, 3.63) is 69.7 Å². The van der Waals surface area contributed by atoms with Gasteiger partial charge in [-0.05, 0) is 31.0 Å². The first-order valence-corrected chi connectivity index (χ1v) is 9.30. The van der Waals surface area contributed by atoms with E-state index in [1.807, 2.05) is 48.5 Å². The quantitative estimate of drug-likeness (QED) is 0.495. The molecule has 24 heavy (non-hydrogen) atoms. The molecule has 0 atom stereocenters. The summed E-state index contributed by atoms with van der Waals surface area (Å²) in [5.74, 6) is 0.0818. The Hall–Kier alpha value is -2.00. The molecule has 0 aromatic heterocycles. The molecular formula is C21H23NOS. The van der Waals surface area contributed by atoms with E-state index in [1.54, 1.807) is 11.8 Å². The number of benzene rings is 2. The molecule has 1 heterocycles. The van der Waals surface area contributed by atoms with E-state index in [0.717, 1.165) is 40.8 Å². The maximum atomic E-state index is 12.9. The van der Waals surface area contributed by atoms with Crippen molar-refractivity contribution in [1.82, 2.24) is 4.90 Å². The van der Waals surface area contributed by atoms with Crippen LogP contribution in [0.2, 0.25) is 0 Å². The second-order valence-corrected chi connectivity index (χ2v) is 7.36. The van der Waals surface area contributed by atoms with E-state index in [-0.39, 0.29) is 5.78 Å². The number of allylic oxidation sites excluding steroid dienone is 3. The molecule has 0 fully saturated rings. The van der Waals surface area contributed by atoms with Gasteiger partial charge in [-0.1, -0.05) is 67.6 Å². The predicted octanol–water partition coefficient (Wildman–Crippen LogP) is 5.96. The summed E-state index contributed by atoms with van der Waals surface area (Å²) in [4.78, 5) is 16.5. The van der Waals surface area contributed by atoms with Gasteiger partial charge < -0.3 is 4.90 Å². The maximum Gasteiger partial charge on any atom is 0.189 e. The number of rotatable bonds is 5. The molecule has 0 saturated heterocycles. The van der Waals surface area contributed by atoms with Crippen LogP contribution >= 0.6 is 11.8 Å². The second-order valence-electron chi connectivity index (χ2n) is 6.12. The minimum absolute atomic E-state index is 0.0818. The zero-order chi connectivity index (χ0) is 17.1. The molecule has 0 unspecified atom stereocenters. The zero-order valence-electron chi connectivity index (χ0n) is 14.5. The van der Waals surface area contributed by atoms with Gasteiger partial charge in [0.25, 0.3) is 0 Å². The van der Waals surface area contributed by atoms with Crippen molar-refractivity contribution in [2.45, 2.75) is 33.6 Å². The van der Waals surface area contributed by atoms with Gasteiger partial charge in [-0.25, -0.2) is 0 Å². The Balaban J connectivity index is 1.93. The first-order chi connectivity index (χ1) is 11.6. The molecule has 2 aromatic carbocycles. The van der Waals surface area contributed by atoms with E-state index in [0.29, 0.717) is 0 Å². The first kappa shape index (κ1) is 16.8. The molecule has 0 bridgehead atoms. The Morgan fingerprint density at radius 2 is 1.88 bits per heavy atom. The van der Waals surface area contributed by atoms with Crippen LogP contribution in [-0.2, 0) is 0 Å². The Morgan fingerprint density at radius 3 is 2.67 bits per heavy atom. The fraction of sp³-hybridized carbons (Fsp3) is 0.286. The van der Waals surface area contributed by atoms with Gasteiger partial charge in [0.1, 0.15) is 0 Å². The predicted molar refractivity (Wildman–Crippen MR) is 104 cm³/mol. The molecule has 3 heteroatoms. The van der Waals surface area contributed by atoms with Crippen molar-refractivity contribution in [1.29, 1.82) is 0 Å². The summed E-state index contributed by atoms with van der Waals surface area (Å²) >= 11 is 1.71. The monoisotopic (exact) mass is 337 g/mol. The van der Waals surface area contributed by atoms with Crippen molar-refractivity contribution in [3.8, 4) is 0 Å². The summed E-state index contributed by atoms with van der Waals surface area (Å²) in [6, 6.07) is 14.0. The number of carbonyl (C=O) groups is 1. The van der Waals surface area contributed by atoms with Crippen LogP contribution in [-0.4, -0.2) is 17.2 Å². The normalized spacial score (nSPS) is 16.5. The average molecular weight is 337 g/mol. The van der Waals surface area contributed by atoms with Crippen molar-refractivity contribution in [2.75, 3.05) is 6.54 Å². The number of thioether (sulfide) groups is 1. The summed E-state index contributed by atoms with van der Waals surface area (Å²) in [5, 5.41) is 3.18. The summed E-state index contributed by atoms with van der Waals surface area (Å²) in [6.07, 6.45) is 4.09. The Kier molecular flexibility index (Phi) is 5.10. The van der Waals surface area contributed by atoms with Crippen molar-refractivity contribution in [3.63, 3.8) is 0 Å². The molecule has 1 aliphatic heterocycles. The number of fused-ring (bicyclic) bond motifs is 1. The van der Waals surface area contributed by atoms with E-state index < -0.39 is 0 Å². The number of carbonyl (C=O) groups excluding carboxylic acids is 1. The van der Waals surface area contributed by atoms with Gasteiger partial charge in [0.2, 0.25) is 0 Å².